The summed E-state index contributed by atoms with van der Waals surface area (Å²) in [5, 5.41) is -0.161. The molecule has 20 heavy (non-hydrogen) atoms. The molecule has 0 aliphatic heterocycles. The third-order valence-electron chi connectivity index (χ3n) is 3.24. The van der Waals surface area contributed by atoms with E-state index in [-0.39, 0.29) is 5.38 Å². The maximum atomic E-state index is 6.59. The molecule has 0 aliphatic rings. The van der Waals surface area contributed by atoms with Gasteiger partial charge >= 0.3 is 0 Å². The van der Waals surface area contributed by atoms with Crippen molar-refractivity contribution in [1.82, 2.24) is 0 Å². The van der Waals surface area contributed by atoms with Crippen molar-refractivity contribution >= 4 is 27.5 Å². The monoisotopic (exact) mass is 352 g/mol. The van der Waals surface area contributed by atoms with Gasteiger partial charge in [0.15, 0.2) is 0 Å². The average Bonchev–Trinajstić information content (AvgIpc) is 2.47. The highest BCUT2D eigenvalue weighted by atomic mass is 79.9. The largest absolute Gasteiger partial charge is 0.494 e. The van der Waals surface area contributed by atoms with Gasteiger partial charge in [0.2, 0.25) is 0 Å². The average molecular weight is 354 g/mol. The van der Waals surface area contributed by atoms with Crippen LogP contribution in [-0.2, 0) is 6.42 Å². The van der Waals surface area contributed by atoms with Crippen LogP contribution in [0.4, 0.5) is 0 Å². The molecule has 106 valence electrons. The number of alkyl halides is 1. The highest BCUT2D eigenvalue weighted by Crippen LogP contribution is 2.35. The van der Waals surface area contributed by atoms with Crippen LogP contribution in [0.2, 0.25) is 0 Å². The van der Waals surface area contributed by atoms with Gasteiger partial charge in [0.1, 0.15) is 5.75 Å². The van der Waals surface area contributed by atoms with E-state index in [0.717, 1.165) is 27.8 Å². The number of rotatable bonds is 5. The van der Waals surface area contributed by atoms with Crippen molar-refractivity contribution in [1.29, 1.82) is 0 Å². The first-order valence-corrected chi connectivity index (χ1v) is 8.03. The lowest BCUT2D eigenvalue weighted by Gasteiger charge is -2.14. The van der Waals surface area contributed by atoms with E-state index in [1.807, 2.05) is 25.1 Å². The van der Waals surface area contributed by atoms with Crippen LogP contribution in [0.5, 0.6) is 5.75 Å². The summed E-state index contributed by atoms with van der Waals surface area (Å²) in [5.74, 6) is 0.855. The van der Waals surface area contributed by atoms with Crippen molar-refractivity contribution < 1.29 is 4.74 Å². The minimum atomic E-state index is -0.161. The van der Waals surface area contributed by atoms with E-state index >= 15 is 0 Å². The van der Waals surface area contributed by atoms with Crippen molar-refractivity contribution in [2.24, 2.45) is 0 Å². The Morgan fingerprint density at radius 1 is 1.10 bits per heavy atom. The minimum Gasteiger partial charge on any atom is -0.494 e. The summed E-state index contributed by atoms with van der Waals surface area (Å²) >= 11 is 10.2. The van der Waals surface area contributed by atoms with Gasteiger partial charge in [-0.3, -0.25) is 0 Å². The Bertz CT molecular complexity index is 566. The lowest BCUT2D eigenvalue weighted by Crippen LogP contribution is -1.97. The normalized spacial score (nSPS) is 12.2. The molecule has 0 spiro atoms. The highest BCUT2D eigenvalue weighted by Gasteiger charge is 2.14. The maximum Gasteiger partial charge on any atom is 0.120 e. The van der Waals surface area contributed by atoms with E-state index in [4.69, 9.17) is 16.3 Å². The van der Waals surface area contributed by atoms with E-state index in [2.05, 4.69) is 47.1 Å². The van der Waals surface area contributed by atoms with Crippen LogP contribution in [0.25, 0.3) is 0 Å². The van der Waals surface area contributed by atoms with Crippen LogP contribution in [0.3, 0.4) is 0 Å². The molecule has 0 amide bonds. The quantitative estimate of drug-likeness (QED) is 0.623. The van der Waals surface area contributed by atoms with Crippen LogP contribution in [0.15, 0.2) is 46.9 Å². The van der Waals surface area contributed by atoms with Gasteiger partial charge < -0.3 is 4.74 Å². The van der Waals surface area contributed by atoms with Crippen molar-refractivity contribution in [3.05, 3.63) is 63.6 Å². The van der Waals surface area contributed by atoms with Gasteiger partial charge in [-0.15, -0.1) is 11.6 Å². The molecule has 0 saturated carbocycles. The van der Waals surface area contributed by atoms with Gasteiger partial charge in [-0.05, 0) is 42.2 Å². The molecule has 0 N–H and O–H groups in total. The molecule has 0 radical (unpaired) electrons. The third kappa shape index (κ3) is 3.56. The third-order valence-corrected chi connectivity index (χ3v) is 4.41. The Morgan fingerprint density at radius 3 is 2.35 bits per heavy atom. The maximum absolute atomic E-state index is 6.59. The molecule has 0 fully saturated rings. The summed E-state index contributed by atoms with van der Waals surface area (Å²) in [6.07, 6.45) is 1.04. The fourth-order valence-corrected chi connectivity index (χ4v) is 3.13. The molecule has 0 saturated heterocycles. The van der Waals surface area contributed by atoms with E-state index in [1.165, 1.54) is 5.56 Å². The number of aryl methyl sites for hydroxylation is 1. The van der Waals surface area contributed by atoms with Crippen molar-refractivity contribution in [2.45, 2.75) is 25.6 Å². The van der Waals surface area contributed by atoms with E-state index in [9.17, 15) is 0 Å². The molecule has 0 heterocycles. The molecular weight excluding hydrogens is 336 g/mol. The molecular formula is C17H18BrClO. The second kappa shape index (κ2) is 7.14. The summed E-state index contributed by atoms with van der Waals surface area (Å²) in [5.41, 5.74) is 3.48. The van der Waals surface area contributed by atoms with Crippen LogP contribution < -0.4 is 4.74 Å². The smallest absolute Gasteiger partial charge is 0.120 e. The van der Waals surface area contributed by atoms with Gasteiger partial charge in [-0.2, -0.15) is 0 Å². The molecule has 2 rings (SSSR count). The number of hydrogen-bond donors (Lipinski definition) is 0. The van der Waals surface area contributed by atoms with Crippen molar-refractivity contribution in [3.63, 3.8) is 0 Å². The number of hydrogen-bond acceptors (Lipinski definition) is 1. The summed E-state index contributed by atoms with van der Waals surface area (Å²) < 4.78 is 6.46. The van der Waals surface area contributed by atoms with E-state index in [1.54, 1.807) is 0 Å². The topological polar surface area (TPSA) is 9.23 Å². The Morgan fingerprint density at radius 2 is 1.80 bits per heavy atom. The summed E-state index contributed by atoms with van der Waals surface area (Å²) in [6.45, 7) is 4.78. The zero-order valence-corrected chi connectivity index (χ0v) is 14.0. The fraction of sp³-hybridized carbons (Fsp3) is 0.294. The zero-order chi connectivity index (χ0) is 14.5. The van der Waals surface area contributed by atoms with Crippen molar-refractivity contribution in [2.75, 3.05) is 6.61 Å². The first-order valence-electron chi connectivity index (χ1n) is 6.80. The molecule has 0 aromatic heterocycles. The Labute approximate surface area is 134 Å². The number of ether oxygens (including phenoxy) is 1. The van der Waals surface area contributed by atoms with Gasteiger partial charge in [0, 0.05) is 4.47 Å². The van der Waals surface area contributed by atoms with Crippen molar-refractivity contribution in [3.8, 4) is 5.75 Å². The van der Waals surface area contributed by atoms with E-state index in [0.29, 0.717) is 6.61 Å². The minimum absolute atomic E-state index is 0.161. The second-order valence-corrected chi connectivity index (χ2v) is 5.86. The SMILES string of the molecule is CCOc1ccc(C(Cl)c2ccc(CC)cc2)c(Br)c1. The van der Waals surface area contributed by atoms with Crippen LogP contribution in [-0.4, -0.2) is 6.61 Å². The molecule has 2 aromatic carbocycles. The van der Waals surface area contributed by atoms with Crippen LogP contribution in [0, 0.1) is 0 Å². The molecule has 2 aromatic rings. The fourth-order valence-electron chi connectivity index (χ4n) is 2.07. The highest BCUT2D eigenvalue weighted by molar-refractivity contribution is 9.10. The molecule has 1 atom stereocenters. The summed E-state index contributed by atoms with van der Waals surface area (Å²) in [4.78, 5) is 0. The Kier molecular flexibility index (Phi) is 5.50. The number of halogens is 2. The lowest BCUT2D eigenvalue weighted by molar-refractivity contribution is 0.340. The van der Waals surface area contributed by atoms with Crippen LogP contribution >= 0.6 is 27.5 Å². The lowest BCUT2D eigenvalue weighted by atomic mass is 10.0. The second-order valence-electron chi connectivity index (χ2n) is 4.57. The summed E-state index contributed by atoms with van der Waals surface area (Å²) in [6, 6.07) is 14.4. The standard InChI is InChI=1S/C17H18BrClO/c1-3-12-5-7-13(8-6-12)17(19)15-10-9-14(20-4-2)11-16(15)18/h5-11,17H,3-4H2,1-2H3. The van der Waals surface area contributed by atoms with Gasteiger partial charge in [0.05, 0.1) is 12.0 Å². The predicted molar refractivity (Wildman–Crippen MR) is 88.8 cm³/mol. The van der Waals surface area contributed by atoms with Gasteiger partial charge in [-0.1, -0.05) is 53.2 Å². The molecule has 1 unspecified atom stereocenters. The first-order chi connectivity index (χ1) is 9.65. The number of benzene rings is 2. The molecule has 1 nitrogen and oxygen atoms in total. The molecule has 0 bridgehead atoms. The zero-order valence-electron chi connectivity index (χ0n) is 11.7. The van der Waals surface area contributed by atoms with E-state index < -0.39 is 0 Å². The summed E-state index contributed by atoms with van der Waals surface area (Å²) in [7, 11) is 0. The Balaban J connectivity index is 2.25. The van der Waals surface area contributed by atoms with Gasteiger partial charge in [-0.25, -0.2) is 0 Å². The first kappa shape index (κ1) is 15.4. The predicted octanol–water partition coefficient (Wildman–Crippen LogP) is 5.74. The van der Waals surface area contributed by atoms with Crippen LogP contribution in [0.1, 0.15) is 35.9 Å². The molecule has 3 heteroatoms. The van der Waals surface area contributed by atoms with Gasteiger partial charge in [0.25, 0.3) is 0 Å². The Hall–Kier alpha value is -0.990. The molecule has 0 aliphatic carbocycles.